The summed E-state index contributed by atoms with van der Waals surface area (Å²) in [6.07, 6.45) is 0.822. The number of amides is 1. The minimum atomic E-state index is -4.00. The fraction of sp³-hybridized carbons (Fsp3) is 0.348. The van der Waals surface area contributed by atoms with Gasteiger partial charge in [-0.2, -0.15) is 9.30 Å². The Morgan fingerprint density at radius 2 is 1.85 bits per heavy atom. The largest absolute Gasteiger partial charge is 0.468 e. The Bertz CT molecular complexity index is 1440. The highest BCUT2D eigenvalue weighted by Crippen LogP contribution is 2.27. The molecule has 1 amide bonds. The smallest absolute Gasteiger partial charge is 0.325 e. The van der Waals surface area contributed by atoms with E-state index in [0.717, 1.165) is 37.8 Å². The van der Waals surface area contributed by atoms with Gasteiger partial charge in [-0.05, 0) is 74.2 Å². The number of nitrogens with zero attached hydrogens (tertiary/aromatic N) is 3. The molecule has 0 bridgehead atoms. The monoisotopic (exact) mass is 505 g/mol. The SMILES string of the molecule is COC(=O)Cn1c(=NC(=O)C2CCCN2S(=O)(=O)c2ccc(F)cc2)sc2cc(C)c(C)cc21. The van der Waals surface area contributed by atoms with E-state index in [-0.39, 0.29) is 18.0 Å². The molecule has 1 saturated heterocycles. The number of ether oxygens (including phenoxy) is 1. The minimum absolute atomic E-state index is 0.0813. The van der Waals surface area contributed by atoms with E-state index in [1.54, 1.807) is 4.57 Å². The molecular formula is C23H24FN3O5S2. The molecule has 1 atom stereocenters. The molecule has 0 radical (unpaired) electrons. The third-order valence-corrected chi connectivity index (χ3v) is 8.89. The van der Waals surface area contributed by atoms with E-state index in [4.69, 9.17) is 4.74 Å². The number of rotatable bonds is 5. The average Bonchev–Trinajstić information content (AvgIpc) is 3.41. The minimum Gasteiger partial charge on any atom is -0.468 e. The molecule has 1 aliphatic rings. The van der Waals surface area contributed by atoms with Gasteiger partial charge in [0.25, 0.3) is 5.91 Å². The van der Waals surface area contributed by atoms with Crippen LogP contribution in [0.15, 0.2) is 46.3 Å². The number of aryl methyl sites for hydroxylation is 2. The number of thiazole rings is 1. The number of benzene rings is 2. The van der Waals surface area contributed by atoms with Gasteiger partial charge in [0.05, 0.1) is 22.2 Å². The molecule has 0 aliphatic carbocycles. The number of aromatic nitrogens is 1. The molecule has 0 N–H and O–H groups in total. The third kappa shape index (κ3) is 4.55. The van der Waals surface area contributed by atoms with Gasteiger partial charge in [-0.3, -0.25) is 9.59 Å². The summed E-state index contributed by atoms with van der Waals surface area (Å²) in [6.45, 7) is 3.96. The molecule has 0 saturated carbocycles. The van der Waals surface area contributed by atoms with Crippen LogP contribution in [0.4, 0.5) is 4.39 Å². The van der Waals surface area contributed by atoms with Gasteiger partial charge in [-0.25, -0.2) is 12.8 Å². The van der Waals surface area contributed by atoms with Crippen molar-refractivity contribution >= 4 is 43.5 Å². The third-order valence-electron chi connectivity index (χ3n) is 5.93. The average molecular weight is 506 g/mol. The Balaban J connectivity index is 1.75. The summed E-state index contributed by atoms with van der Waals surface area (Å²) in [5.74, 6) is -1.65. The zero-order chi connectivity index (χ0) is 24.6. The predicted molar refractivity (Wildman–Crippen MR) is 125 cm³/mol. The summed E-state index contributed by atoms with van der Waals surface area (Å²) < 4.78 is 47.9. The van der Waals surface area contributed by atoms with Crippen LogP contribution in [-0.4, -0.2) is 48.9 Å². The summed E-state index contributed by atoms with van der Waals surface area (Å²) in [5, 5.41) is 0. The maximum absolute atomic E-state index is 13.3. The first kappa shape index (κ1) is 24.2. The summed E-state index contributed by atoms with van der Waals surface area (Å²) in [4.78, 5) is 29.8. The quantitative estimate of drug-likeness (QED) is 0.497. The van der Waals surface area contributed by atoms with E-state index < -0.39 is 33.8 Å². The number of hydrogen-bond acceptors (Lipinski definition) is 6. The Hall–Kier alpha value is -2.89. The number of carbonyl (C=O) groups excluding carboxylic acids is 2. The Morgan fingerprint density at radius 1 is 1.18 bits per heavy atom. The molecule has 2 aromatic carbocycles. The first-order valence-corrected chi connectivity index (χ1v) is 12.9. The number of methoxy groups -OCH3 is 1. The van der Waals surface area contributed by atoms with Gasteiger partial charge in [0.1, 0.15) is 18.4 Å². The second-order valence-corrected chi connectivity index (χ2v) is 11.0. The molecule has 1 aliphatic heterocycles. The van der Waals surface area contributed by atoms with Crippen LogP contribution in [0.2, 0.25) is 0 Å². The summed E-state index contributed by atoms with van der Waals surface area (Å²) in [7, 11) is -2.72. The Labute approximate surface area is 200 Å². The molecule has 2 heterocycles. The maximum atomic E-state index is 13.3. The molecule has 3 aromatic rings. The van der Waals surface area contributed by atoms with Gasteiger partial charge < -0.3 is 9.30 Å². The van der Waals surface area contributed by atoms with Gasteiger partial charge in [-0.1, -0.05) is 11.3 Å². The second kappa shape index (κ2) is 9.40. The van der Waals surface area contributed by atoms with Crippen molar-refractivity contribution in [1.82, 2.24) is 8.87 Å². The highest BCUT2D eigenvalue weighted by molar-refractivity contribution is 7.89. The fourth-order valence-corrected chi connectivity index (χ4v) is 6.70. The van der Waals surface area contributed by atoms with Crippen LogP contribution in [0, 0.1) is 19.7 Å². The molecule has 4 rings (SSSR count). The Morgan fingerprint density at radius 3 is 2.53 bits per heavy atom. The zero-order valence-corrected chi connectivity index (χ0v) is 20.6. The Kier molecular flexibility index (Phi) is 6.70. The van der Waals surface area contributed by atoms with Crippen LogP contribution < -0.4 is 4.80 Å². The van der Waals surface area contributed by atoms with Crippen LogP contribution in [0.5, 0.6) is 0 Å². The van der Waals surface area contributed by atoms with Crippen molar-refractivity contribution in [3.8, 4) is 0 Å². The molecule has 34 heavy (non-hydrogen) atoms. The lowest BCUT2D eigenvalue weighted by atomic mass is 10.1. The van der Waals surface area contributed by atoms with Crippen LogP contribution >= 0.6 is 11.3 Å². The van der Waals surface area contributed by atoms with Crippen molar-refractivity contribution in [1.29, 1.82) is 0 Å². The molecule has 11 heteroatoms. The van der Waals surface area contributed by atoms with Crippen molar-refractivity contribution in [2.75, 3.05) is 13.7 Å². The first-order valence-electron chi connectivity index (χ1n) is 10.6. The van der Waals surface area contributed by atoms with Gasteiger partial charge in [-0.15, -0.1) is 0 Å². The van der Waals surface area contributed by atoms with Crippen molar-refractivity contribution in [3.63, 3.8) is 0 Å². The van der Waals surface area contributed by atoms with E-state index in [1.165, 1.54) is 30.6 Å². The topological polar surface area (TPSA) is 98.0 Å². The van der Waals surface area contributed by atoms with E-state index in [2.05, 4.69) is 4.99 Å². The lowest BCUT2D eigenvalue weighted by Crippen LogP contribution is -2.40. The van der Waals surface area contributed by atoms with Gasteiger partial charge in [0, 0.05) is 6.54 Å². The number of sulfonamides is 1. The van der Waals surface area contributed by atoms with Gasteiger partial charge >= 0.3 is 5.97 Å². The van der Waals surface area contributed by atoms with E-state index >= 15 is 0 Å². The summed E-state index contributed by atoms with van der Waals surface area (Å²) >= 11 is 1.25. The molecule has 8 nitrogen and oxygen atoms in total. The number of hydrogen-bond donors (Lipinski definition) is 0. The van der Waals surface area contributed by atoms with Crippen molar-refractivity contribution in [2.45, 2.75) is 44.2 Å². The number of fused-ring (bicyclic) bond motifs is 1. The van der Waals surface area contributed by atoms with E-state index in [0.29, 0.717) is 17.6 Å². The molecule has 0 spiro atoms. The van der Waals surface area contributed by atoms with E-state index in [1.807, 2.05) is 26.0 Å². The van der Waals surface area contributed by atoms with Gasteiger partial charge in [0.15, 0.2) is 4.80 Å². The fourth-order valence-electron chi connectivity index (χ4n) is 3.94. The highest BCUT2D eigenvalue weighted by atomic mass is 32.2. The molecule has 1 aromatic heterocycles. The van der Waals surface area contributed by atoms with Crippen LogP contribution in [0.25, 0.3) is 10.2 Å². The molecule has 1 unspecified atom stereocenters. The van der Waals surface area contributed by atoms with Gasteiger partial charge in [0.2, 0.25) is 10.0 Å². The zero-order valence-electron chi connectivity index (χ0n) is 18.9. The number of halogens is 1. The van der Waals surface area contributed by atoms with Crippen molar-refractivity contribution < 1.29 is 27.1 Å². The van der Waals surface area contributed by atoms with E-state index in [9.17, 15) is 22.4 Å². The lowest BCUT2D eigenvalue weighted by molar-refractivity contribution is -0.141. The maximum Gasteiger partial charge on any atom is 0.325 e. The summed E-state index contributed by atoms with van der Waals surface area (Å²) in [5.41, 5.74) is 2.82. The lowest BCUT2D eigenvalue weighted by Gasteiger charge is -2.21. The van der Waals surface area contributed by atoms with Crippen LogP contribution in [-0.2, 0) is 30.9 Å². The van der Waals surface area contributed by atoms with Crippen molar-refractivity contribution in [3.05, 3.63) is 58.1 Å². The summed E-state index contributed by atoms with van der Waals surface area (Å²) in [6, 6.07) is 7.42. The predicted octanol–water partition coefficient (Wildman–Crippen LogP) is 2.91. The molecule has 1 fully saturated rings. The molecular weight excluding hydrogens is 481 g/mol. The van der Waals surface area contributed by atoms with Crippen LogP contribution in [0.1, 0.15) is 24.0 Å². The number of esters is 1. The normalized spacial score (nSPS) is 17.4. The molecule has 180 valence electrons. The van der Waals surface area contributed by atoms with Crippen molar-refractivity contribution in [2.24, 2.45) is 4.99 Å². The first-order chi connectivity index (χ1) is 16.1. The van der Waals surface area contributed by atoms with Crippen LogP contribution in [0.3, 0.4) is 0 Å². The number of carbonyl (C=O) groups is 2. The highest BCUT2D eigenvalue weighted by Gasteiger charge is 2.39. The standard InChI is InChI=1S/C23H24FN3O5S2/c1-14-11-19-20(12-15(14)2)33-23(26(19)13-21(28)32-3)25-22(29)18-5-4-10-27(18)34(30,31)17-8-6-16(24)7-9-17/h6-9,11-12,18H,4-5,10,13H2,1-3H3. The second-order valence-electron chi connectivity index (χ2n) is 8.13.